The van der Waals surface area contributed by atoms with Crippen molar-refractivity contribution in [3.05, 3.63) is 0 Å². The molecule has 4 heteroatoms. The van der Waals surface area contributed by atoms with Gasteiger partial charge in [0.05, 0.1) is 6.04 Å². The summed E-state index contributed by atoms with van der Waals surface area (Å²) in [5, 5.41) is 0. The predicted molar refractivity (Wildman–Crippen MR) is 61.6 cm³/mol. The minimum Gasteiger partial charge on any atom is -0.339 e. The van der Waals surface area contributed by atoms with Gasteiger partial charge in [-0.1, -0.05) is 6.92 Å². The molecule has 1 heterocycles. The van der Waals surface area contributed by atoms with E-state index in [1.165, 1.54) is 0 Å². The molecule has 1 amide bonds. The predicted octanol–water partition coefficient (Wildman–Crippen LogP) is 0.276. The number of nitrogens with two attached hydrogens (primary N) is 1. The summed E-state index contributed by atoms with van der Waals surface area (Å²) in [4.78, 5) is 16.1. The molecule has 88 valence electrons. The van der Waals surface area contributed by atoms with Crippen LogP contribution in [0.2, 0.25) is 0 Å². The third-order valence-electron chi connectivity index (χ3n) is 3.11. The summed E-state index contributed by atoms with van der Waals surface area (Å²) in [7, 11) is 0. The molecule has 1 fully saturated rings. The van der Waals surface area contributed by atoms with Gasteiger partial charge in [0, 0.05) is 32.2 Å². The van der Waals surface area contributed by atoms with Gasteiger partial charge in [-0.2, -0.15) is 0 Å². The van der Waals surface area contributed by atoms with E-state index in [1.54, 1.807) is 0 Å². The SMILES string of the molecule is CCC(N)C(=O)N1CCN(C(C)C)CC1. The fourth-order valence-corrected chi connectivity index (χ4v) is 1.87. The van der Waals surface area contributed by atoms with Crippen molar-refractivity contribution >= 4 is 5.91 Å². The van der Waals surface area contributed by atoms with E-state index in [2.05, 4.69) is 18.7 Å². The van der Waals surface area contributed by atoms with E-state index in [4.69, 9.17) is 5.73 Å². The maximum atomic E-state index is 11.8. The molecule has 0 bridgehead atoms. The van der Waals surface area contributed by atoms with E-state index < -0.39 is 0 Å². The molecular formula is C11H23N3O. The normalized spacial score (nSPS) is 20.7. The monoisotopic (exact) mass is 213 g/mol. The molecule has 15 heavy (non-hydrogen) atoms. The smallest absolute Gasteiger partial charge is 0.239 e. The quantitative estimate of drug-likeness (QED) is 0.732. The van der Waals surface area contributed by atoms with Crippen molar-refractivity contribution in [1.29, 1.82) is 0 Å². The van der Waals surface area contributed by atoms with E-state index in [-0.39, 0.29) is 11.9 Å². The van der Waals surface area contributed by atoms with Crippen molar-refractivity contribution < 1.29 is 4.79 Å². The standard InChI is InChI=1S/C11H23N3O/c1-4-10(12)11(15)14-7-5-13(6-8-14)9(2)3/h9-10H,4-8,12H2,1-3H3. The molecule has 1 aliphatic rings. The number of hydrogen-bond donors (Lipinski definition) is 1. The summed E-state index contributed by atoms with van der Waals surface area (Å²) in [6.45, 7) is 9.92. The van der Waals surface area contributed by atoms with Gasteiger partial charge in [-0.3, -0.25) is 9.69 Å². The molecule has 1 rings (SSSR count). The maximum Gasteiger partial charge on any atom is 0.239 e. The molecule has 0 aromatic rings. The first-order valence-corrected chi connectivity index (χ1v) is 5.84. The van der Waals surface area contributed by atoms with E-state index >= 15 is 0 Å². The van der Waals surface area contributed by atoms with Gasteiger partial charge in [-0.15, -0.1) is 0 Å². The van der Waals surface area contributed by atoms with Crippen LogP contribution in [0.4, 0.5) is 0 Å². The third kappa shape index (κ3) is 3.18. The van der Waals surface area contributed by atoms with Crippen molar-refractivity contribution in [2.75, 3.05) is 26.2 Å². The maximum absolute atomic E-state index is 11.8. The van der Waals surface area contributed by atoms with Crippen LogP contribution in [-0.2, 0) is 4.79 Å². The highest BCUT2D eigenvalue weighted by molar-refractivity contribution is 5.81. The Balaban J connectivity index is 2.40. The molecule has 0 aromatic heterocycles. The van der Waals surface area contributed by atoms with Crippen molar-refractivity contribution in [3.63, 3.8) is 0 Å². The van der Waals surface area contributed by atoms with Crippen molar-refractivity contribution in [1.82, 2.24) is 9.80 Å². The Hall–Kier alpha value is -0.610. The summed E-state index contributed by atoms with van der Waals surface area (Å²) in [5.41, 5.74) is 5.74. The molecule has 0 saturated carbocycles. The first-order valence-electron chi connectivity index (χ1n) is 5.84. The van der Waals surface area contributed by atoms with Gasteiger partial charge in [0.25, 0.3) is 0 Å². The van der Waals surface area contributed by atoms with Crippen LogP contribution in [0.15, 0.2) is 0 Å². The van der Waals surface area contributed by atoms with Crippen molar-refractivity contribution in [3.8, 4) is 0 Å². The summed E-state index contributed by atoms with van der Waals surface area (Å²) in [6, 6.07) is 0.262. The minimum absolute atomic E-state index is 0.112. The number of carbonyl (C=O) groups is 1. The molecule has 1 aliphatic heterocycles. The average molecular weight is 213 g/mol. The molecule has 1 unspecified atom stereocenters. The van der Waals surface area contributed by atoms with Crippen molar-refractivity contribution in [2.45, 2.75) is 39.3 Å². The van der Waals surface area contributed by atoms with Crippen LogP contribution < -0.4 is 5.73 Å². The van der Waals surface area contributed by atoms with Gasteiger partial charge in [0.15, 0.2) is 0 Å². The number of amides is 1. The van der Waals surface area contributed by atoms with Crippen LogP contribution in [0.25, 0.3) is 0 Å². The number of hydrogen-bond acceptors (Lipinski definition) is 3. The number of nitrogens with zero attached hydrogens (tertiary/aromatic N) is 2. The lowest BCUT2D eigenvalue weighted by atomic mass is 10.2. The van der Waals surface area contributed by atoms with Crippen molar-refractivity contribution in [2.24, 2.45) is 5.73 Å². The topological polar surface area (TPSA) is 49.6 Å². The van der Waals surface area contributed by atoms with Crippen LogP contribution in [0.5, 0.6) is 0 Å². The third-order valence-corrected chi connectivity index (χ3v) is 3.11. The first-order chi connectivity index (χ1) is 7.06. The molecular weight excluding hydrogens is 190 g/mol. The molecule has 0 spiro atoms. The van der Waals surface area contributed by atoms with Crippen LogP contribution in [0.3, 0.4) is 0 Å². The summed E-state index contributed by atoms with van der Waals surface area (Å²) in [6.07, 6.45) is 0.725. The second-order valence-electron chi connectivity index (χ2n) is 4.47. The fourth-order valence-electron chi connectivity index (χ4n) is 1.87. The Kier molecular flexibility index (Phi) is 4.54. The second kappa shape index (κ2) is 5.47. The fraction of sp³-hybridized carbons (Fsp3) is 0.909. The van der Waals surface area contributed by atoms with Gasteiger partial charge in [0.2, 0.25) is 5.91 Å². The highest BCUT2D eigenvalue weighted by atomic mass is 16.2. The number of rotatable bonds is 3. The van der Waals surface area contributed by atoms with Crippen LogP contribution in [0, 0.1) is 0 Å². The molecule has 1 saturated heterocycles. The van der Waals surface area contributed by atoms with Gasteiger partial charge >= 0.3 is 0 Å². The zero-order chi connectivity index (χ0) is 11.4. The van der Waals surface area contributed by atoms with Gasteiger partial charge in [-0.25, -0.2) is 0 Å². The summed E-state index contributed by atoms with van der Waals surface area (Å²) >= 11 is 0. The van der Waals surface area contributed by atoms with Crippen LogP contribution in [-0.4, -0.2) is 54.0 Å². The van der Waals surface area contributed by atoms with E-state index in [0.717, 1.165) is 32.6 Å². The van der Waals surface area contributed by atoms with E-state index in [9.17, 15) is 4.79 Å². The summed E-state index contributed by atoms with van der Waals surface area (Å²) in [5.74, 6) is 0.112. The molecule has 0 radical (unpaired) electrons. The van der Waals surface area contributed by atoms with E-state index in [0.29, 0.717) is 6.04 Å². The molecule has 2 N–H and O–H groups in total. The zero-order valence-electron chi connectivity index (χ0n) is 10.1. The Morgan fingerprint density at radius 1 is 1.27 bits per heavy atom. The Morgan fingerprint density at radius 3 is 2.20 bits per heavy atom. The molecule has 1 atom stereocenters. The van der Waals surface area contributed by atoms with Crippen LogP contribution in [0.1, 0.15) is 27.2 Å². The highest BCUT2D eigenvalue weighted by Gasteiger charge is 2.24. The minimum atomic E-state index is -0.310. The van der Waals surface area contributed by atoms with Gasteiger partial charge in [0.1, 0.15) is 0 Å². The van der Waals surface area contributed by atoms with Gasteiger partial charge < -0.3 is 10.6 Å². The lowest BCUT2D eigenvalue weighted by Crippen LogP contribution is -2.54. The largest absolute Gasteiger partial charge is 0.339 e. The Morgan fingerprint density at radius 2 is 1.80 bits per heavy atom. The summed E-state index contributed by atoms with van der Waals surface area (Å²) < 4.78 is 0. The lowest BCUT2D eigenvalue weighted by Gasteiger charge is -2.37. The molecule has 0 aromatic carbocycles. The second-order valence-corrected chi connectivity index (χ2v) is 4.47. The Labute approximate surface area is 92.4 Å². The molecule has 0 aliphatic carbocycles. The van der Waals surface area contributed by atoms with Crippen LogP contribution >= 0.6 is 0 Å². The average Bonchev–Trinajstić information content (AvgIpc) is 2.27. The number of piperazine rings is 1. The molecule has 4 nitrogen and oxygen atoms in total. The Bertz CT molecular complexity index is 210. The first kappa shape index (κ1) is 12.5. The van der Waals surface area contributed by atoms with E-state index in [1.807, 2.05) is 11.8 Å². The number of carbonyl (C=O) groups excluding carboxylic acids is 1. The van der Waals surface area contributed by atoms with Gasteiger partial charge in [-0.05, 0) is 20.3 Å². The highest BCUT2D eigenvalue weighted by Crippen LogP contribution is 2.07. The zero-order valence-corrected chi connectivity index (χ0v) is 10.1. The lowest BCUT2D eigenvalue weighted by molar-refractivity contribution is -0.134.